The standard InChI is InChI=1S/C19H16FN3O3/c1-19(14-5-2-4-13(10-14)12-21)17(24)23(18(25)22-19)8-9-26-16-7-3-6-15(20)11-16/h2-7,10-11H,8-9H2,1H3,(H,22,25)/t19-/m1/s1. The van der Waals surface area contributed by atoms with Gasteiger partial charge in [-0.25, -0.2) is 9.18 Å². The van der Waals surface area contributed by atoms with Crippen LogP contribution in [-0.2, 0) is 10.3 Å². The van der Waals surface area contributed by atoms with Crippen molar-refractivity contribution >= 4 is 11.9 Å². The summed E-state index contributed by atoms with van der Waals surface area (Å²) in [6.07, 6.45) is 0. The van der Waals surface area contributed by atoms with Crippen LogP contribution in [0.25, 0.3) is 0 Å². The van der Waals surface area contributed by atoms with Gasteiger partial charge in [0, 0.05) is 6.07 Å². The lowest BCUT2D eigenvalue weighted by Gasteiger charge is -2.22. The molecule has 1 N–H and O–H groups in total. The van der Waals surface area contributed by atoms with Crippen LogP contribution >= 0.6 is 0 Å². The SMILES string of the molecule is C[C@]1(c2cccc(C#N)c2)NC(=O)N(CCOc2cccc(F)c2)C1=O. The maximum atomic E-state index is 13.1. The third-order valence-corrected chi connectivity index (χ3v) is 4.22. The van der Waals surface area contributed by atoms with Crippen LogP contribution in [-0.4, -0.2) is 30.0 Å². The van der Waals surface area contributed by atoms with Crippen LogP contribution in [0.4, 0.5) is 9.18 Å². The first-order valence-corrected chi connectivity index (χ1v) is 7.97. The number of carbonyl (C=O) groups is 2. The summed E-state index contributed by atoms with van der Waals surface area (Å²) in [5.41, 5.74) is -0.315. The van der Waals surface area contributed by atoms with Crippen LogP contribution in [0, 0.1) is 17.1 Å². The first-order valence-electron chi connectivity index (χ1n) is 7.97. The number of carbonyl (C=O) groups excluding carboxylic acids is 2. The van der Waals surface area contributed by atoms with E-state index in [-0.39, 0.29) is 13.2 Å². The highest BCUT2D eigenvalue weighted by molar-refractivity contribution is 6.07. The summed E-state index contributed by atoms with van der Waals surface area (Å²) in [5.74, 6) is -0.538. The van der Waals surface area contributed by atoms with Gasteiger partial charge in [-0.05, 0) is 36.8 Å². The summed E-state index contributed by atoms with van der Waals surface area (Å²) in [6, 6.07) is 13.6. The Morgan fingerprint density at radius 1 is 1.23 bits per heavy atom. The first kappa shape index (κ1) is 17.4. The third kappa shape index (κ3) is 3.22. The van der Waals surface area contributed by atoms with E-state index >= 15 is 0 Å². The molecule has 26 heavy (non-hydrogen) atoms. The lowest BCUT2D eigenvalue weighted by Crippen LogP contribution is -2.41. The van der Waals surface area contributed by atoms with Crippen molar-refractivity contribution in [3.05, 3.63) is 65.5 Å². The van der Waals surface area contributed by atoms with Crippen LogP contribution < -0.4 is 10.1 Å². The average Bonchev–Trinajstić information content (AvgIpc) is 2.86. The summed E-state index contributed by atoms with van der Waals surface area (Å²) in [5, 5.41) is 11.7. The van der Waals surface area contributed by atoms with Crippen molar-refractivity contribution in [1.29, 1.82) is 5.26 Å². The quantitative estimate of drug-likeness (QED) is 0.838. The van der Waals surface area contributed by atoms with Gasteiger partial charge in [0.2, 0.25) is 0 Å². The van der Waals surface area contributed by atoms with Gasteiger partial charge in [0.15, 0.2) is 0 Å². The van der Waals surface area contributed by atoms with E-state index in [4.69, 9.17) is 10.00 Å². The topological polar surface area (TPSA) is 82.4 Å². The van der Waals surface area contributed by atoms with Gasteiger partial charge in [-0.15, -0.1) is 0 Å². The Morgan fingerprint density at radius 2 is 2.00 bits per heavy atom. The molecule has 1 atom stereocenters. The molecule has 1 fully saturated rings. The molecule has 7 heteroatoms. The van der Waals surface area contributed by atoms with Crippen LogP contribution in [0.15, 0.2) is 48.5 Å². The second-order valence-corrected chi connectivity index (χ2v) is 6.01. The summed E-state index contributed by atoms with van der Waals surface area (Å²) in [7, 11) is 0. The summed E-state index contributed by atoms with van der Waals surface area (Å²) < 4.78 is 18.5. The minimum absolute atomic E-state index is 0.0225. The van der Waals surface area contributed by atoms with E-state index in [2.05, 4.69) is 5.32 Å². The van der Waals surface area contributed by atoms with Crippen molar-refractivity contribution in [2.24, 2.45) is 0 Å². The van der Waals surface area contributed by atoms with E-state index in [9.17, 15) is 14.0 Å². The molecule has 0 aliphatic carbocycles. The fourth-order valence-corrected chi connectivity index (χ4v) is 2.81. The highest BCUT2D eigenvalue weighted by Gasteiger charge is 2.48. The van der Waals surface area contributed by atoms with Crippen molar-refractivity contribution in [1.82, 2.24) is 10.2 Å². The van der Waals surface area contributed by atoms with E-state index in [1.54, 1.807) is 37.3 Å². The second kappa shape index (κ2) is 6.84. The maximum absolute atomic E-state index is 13.1. The van der Waals surface area contributed by atoms with Gasteiger partial charge in [-0.1, -0.05) is 18.2 Å². The monoisotopic (exact) mass is 353 g/mol. The molecule has 3 amide bonds. The average molecular weight is 353 g/mol. The zero-order chi connectivity index (χ0) is 18.7. The van der Waals surface area contributed by atoms with Gasteiger partial charge in [-0.3, -0.25) is 9.69 Å². The molecule has 0 saturated carbocycles. The van der Waals surface area contributed by atoms with Gasteiger partial charge in [0.1, 0.15) is 23.7 Å². The summed E-state index contributed by atoms with van der Waals surface area (Å²) in [4.78, 5) is 26.1. The summed E-state index contributed by atoms with van der Waals surface area (Å²) in [6.45, 7) is 1.66. The van der Waals surface area contributed by atoms with Crippen molar-refractivity contribution in [2.45, 2.75) is 12.5 Å². The molecule has 2 aromatic rings. The molecule has 3 rings (SSSR count). The van der Waals surface area contributed by atoms with E-state index in [1.807, 2.05) is 6.07 Å². The van der Waals surface area contributed by atoms with Gasteiger partial charge < -0.3 is 10.1 Å². The number of halogens is 1. The van der Waals surface area contributed by atoms with E-state index < -0.39 is 23.3 Å². The Hall–Kier alpha value is -3.40. The van der Waals surface area contributed by atoms with Crippen LogP contribution in [0.1, 0.15) is 18.1 Å². The fourth-order valence-electron chi connectivity index (χ4n) is 2.81. The Morgan fingerprint density at radius 3 is 2.73 bits per heavy atom. The predicted octanol–water partition coefficient (Wildman–Crippen LogP) is 2.54. The lowest BCUT2D eigenvalue weighted by atomic mass is 9.91. The molecular weight excluding hydrogens is 337 g/mol. The molecule has 1 aliphatic rings. The van der Waals surface area contributed by atoms with Gasteiger partial charge in [0.25, 0.3) is 5.91 Å². The number of amides is 3. The zero-order valence-electron chi connectivity index (χ0n) is 14.0. The first-order chi connectivity index (χ1) is 12.4. The van der Waals surface area contributed by atoms with Gasteiger partial charge >= 0.3 is 6.03 Å². The van der Waals surface area contributed by atoms with Crippen LogP contribution in [0.2, 0.25) is 0 Å². The van der Waals surface area contributed by atoms with Crippen molar-refractivity contribution in [3.8, 4) is 11.8 Å². The van der Waals surface area contributed by atoms with Gasteiger partial charge in [-0.2, -0.15) is 5.26 Å². The number of urea groups is 1. The Kier molecular flexibility index (Phi) is 4.59. The lowest BCUT2D eigenvalue weighted by molar-refractivity contribution is -0.131. The Bertz CT molecular complexity index is 909. The van der Waals surface area contributed by atoms with E-state index in [0.29, 0.717) is 16.9 Å². The molecule has 1 aliphatic heterocycles. The number of benzene rings is 2. The van der Waals surface area contributed by atoms with E-state index in [0.717, 1.165) is 4.90 Å². The smallest absolute Gasteiger partial charge is 0.325 e. The molecule has 0 unspecified atom stereocenters. The number of rotatable bonds is 5. The summed E-state index contributed by atoms with van der Waals surface area (Å²) >= 11 is 0. The molecular formula is C19H16FN3O3. The molecule has 2 aromatic carbocycles. The molecule has 132 valence electrons. The second-order valence-electron chi connectivity index (χ2n) is 6.01. The van der Waals surface area contributed by atoms with Crippen LogP contribution in [0.3, 0.4) is 0 Å². The van der Waals surface area contributed by atoms with Crippen molar-refractivity contribution in [3.63, 3.8) is 0 Å². The maximum Gasteiger partial charge on any atom is 0.325 e. The largest absolute Gasteiger partial charge is 0.492 e. The zero-order valence-corrected chi connectivity index (χ0v) is 14.0. The number of nitrogens with zero attached hydrogens (tertiary/aromatic N) is 2. The number of hydrogen-bond donors (Lipinski definition) is 1. The minimum Gasteiger partial charge on any atom is -0.492 e. The number of ether oxygens (including phenoxy) is 1. The molecule has 1 heterocycles. The highest BCUT2D eigenvalue weighted by Crippen LogP contribution is 2.29. The number of nitriles is 1. The molecule has 6 nitrogen and oxygen atoms in total. The molecule has 0 bridgehead atoms. The van der Waals surface area contributed by atoms with Crippen LogP contribution in [0.5, 0.6) is 5.75 Å². The van der Waals surface area contributed by atoms with Gasteiger partial charge in [0.05, 0.1) is 18.2 Å². The van der Waals surface area contributed by atoms with E-state index in [1.165, 1.54) is 18.2 Å². The Balaban J connectivity index is 1.71. The number of hydrogen-bond acceptors (Lipinski definition) is 4. The third-order valence-electron chi connectivity index (χ3n) is 4.22. The normalized spacial score (nSPS) is 19.2. The fraction of sp³-hybridized carbons (Fsp3) is 0.211. The Labute approximate surface area is 149 Å². The minimum atomic E-state index is -1.25. The van der Waals surface area contributed by atoms with Crippen molar-refractivity contribution in [2.75, 3.05) is 13.2 Å². The predicted molar refractivity (Wildman–Crippen MR) is 90.6 cm³/mol. The highest BCUT2D eigenvalue weighted by atomic mass is 19.1. The molecule has 1 saturated heterocycles. The molecule has 0 radical (unpaired) electrons. The molecule has 0 aromatic heterocycles. The number of imide groups is 1. The van der Waals surface area contributed by atoms with Crippen molar-refractivity contribution < 1.29 is 18.7 Å². The molecule has 0 spiro atoms. The number of nitrogens with one attached hydrogen (secondary N) is 1.